The van der Waals surface area contributed by atoms with Crippen LogP contribution in [0.15, 0.2) is 84.5 Å². The van der Waals surface area contributed by atoms with Crippen LogP contribution in [-0.2, 0) is 9.53 Å². The molecule has 1 aliphatic heterocycles. The Morgan fingerprint density at radius 3 is 2.13 bits per heavy atom. The SMILES string of the molecule is O=C1C=C(CN2CCCCC2)C=CC1(F)CCOC(c1ccccc1)c1ccccc1. The van der Waals surface area contributed by atoms with Gasteiger partial charge in [-0.3, -0.25) is 9.69 Å². The Hall–Kier alpha value is -2.56. The minimum atomic E-state index is -2.00. The first-order chi connectivity index (χ1) is 15.1. The number of benzene rings is 2. The maximum Gasteiger partial charge on any atom is 0.197 e. The van der Waals surface area contributed by atoms with E-state index in [4.69, 9.17) is 4.74 Å². The number of alkyl halides is 1. The zero-order valence-electron chi connectivity index (χ0n) is 17.9. The highest BCUT2D eigenvalue weighted by Crippen LogP contribution is 2.30. The lowest BCUT2D eigenvalue weighted by atomic mass is 9.89. The van der Waals surface area contributed by atoms with Gasteiger partial charge in [-0.05, 0) is 54.8 Å². The van der Waals surface area contributed by atoms with Gasteiger partial charge in [-0.25, -0.2) is 4.39 Å². The van der Waals surface area contributed by atoms with Gasteiger partial charge in [0.2, 0.25) is 0 Å². The minimum Gasteiger partial charge on any atom is -0.369 e. The van der Waals surface area contributed by atoms with Crippen LogP contribution in [0.2, 0.25) is 0 Å². The molecule has 1 saturated heterocycles. The quantitative estimate of drug-likeness (QED) is 0.570. The third kappa shape index (κ3) is 5.57. The van der Waals surface area contributed by atoms with E-state index in [0.29, 0.717) is 0 Å². The van der Waals surface area contributed by atoms with Gasteiger partial charge in [0, 0.05) is 13.0 Å². The Bertz CT molecular complexity index is 879. The van der Waals surface area contributed by atoms with Crippen molar-refractivity contribution in [3.8, 4) is 0 Å². The van der Waals surface area contributed by atoms with Crippen molar-refractivity contribution < 1.29 is 13.9 Å². The highest BCUT2D eigenvalue weighted by molar-refractivity contribution is 6.00. The molecule has 31 heavy (non-hydrogen) atoms. The fourth-order valence-corrected chi connectivity index (χ4v) is 4.30. The first kappa shape index (κ1) is 21.7. The first-order valence-electron chi connectivity index (χ1n) is 11.2. The molecule has 2 aliphatic rings. The maximum atomic E-state index is 15.4. The van der Waals surface area contributed by atoms with Gasteiger partial charge >= 0.3 is 0 Å². The lowest BCUT2D eigenvalue weighted by Gasteiger charge is -2.29. The Morgan fingerprint density at radius 2 is 1.55 bits per heavy atom. The van der Waals surface area contributed by atoms with E-state index >= 15 is 4.39 Å². The number of nitrogens with zero attached hydrogens (tertiary/aromatic N) is 1. The maximum absolute atomic E-state index is 15.4. The molecule has 2 aromatic carbocycles. The van der Waals surface area contributed by atoms with Crippen LogP contribution in [-0.4, -0.2) is 42.6 Å². The number of hydrogen-bond acceptors (Lipinski definition) is 3. The van der Waals surface area contributed by atoms with E-state index in [1.807, 2.05) is 60.7 Å². The van der Waals surface area contributed by atoms with E-state index in [9.17, 15) is 4.79 Å². The number of rotatable bonds is 8. The van der Waals surface area contributed by atoms with Crippen molar-refractivity contribution in [2.45, 2.75) is 37.5 Å². The molecule has 0 bridgehead atoms. The Labute approximate surface area is 184 Å². The highest BCUT2D eigenvalue weighted by Gasteiger charge is 2.36. The summed E-state index contributed by atoms with van der Waals surface area (Å²) in [4.78, 5) is 14.9. The summed E-state index contributed by atoms with van der Waals surface area (Å²) in [5.41, 5.74) is 0.919. The van der Waals surface area contributed by atoms with Crippen molar-refractivity contribution in [2.75, 3.05) is 26.2 Å². The predicted octanol–water partition coefficient (Wildman–Crippen LogP) is 5.44. The Balaban J connectivity index is 1.37. The first-order valence-corrected chi connectivity index (χ1v) is 11.2. The van der Waals surface area contributed by atoms with Gasteiger partial charge in [-0.15, -0.1) is 0 Å². The Morgan fingerprint density at radius 1 is 0.935 bits per heavy atom. The van der Waals surface area contributed by atoms with E-state index in [1.54, 1.807) is 6.08 Å². The van der Waals surface area contributed by atoms with Gasteiger partial charge in [0.1, 0.15) is 6.10 Å². The molecule has 4 heteroatoms. The summed E-state index contributed by atoms with van der Waals surface area (Å²) in [6.45, 7) is 2.97. The standard InChI is InChI=1S/C27H30FNO2/c28-27(15-14-22(20-25(27)30)21-29-17-8-3-9-18-29)16-19-31-26(23-10-4-1-5-11-23)24-12-6-2-7-13-24/h1-2,4-7,10-15,20,26H,3,8-9,16-19,21H2. The minimum absolute atomic E-state index is 0.00595. The molecule has 0 N–H and O–H groups in total. The average Bonchev–Trinajstić information content (AvgIpc) is 2.81. The molecule has 1 unspecified atom stereocenters. The molecule has 0 radical (unpaired) electrons. The molecule has 1 aliphatic carbocycles. The lowest BCUT2D eigenvalue weighted by molar-refractivity contribution is -0.124. The van der Waals surface area contributed by atoms with Crippen LogP contribution < -0.4 is 0 Å². The van der Waals surface area contributed by atoms with Gasteiger partial charge in [0.15, 0.2) is 11.5 Å². The van der Waals surface area contributed by atoms with Crippen LogP contribution in [0, 0.1) is 0 Å². The molecule has 162 valence electrons. The summed E-state index contributed by atoms with van der Waals surface area (Å²) in [5, 5.41) is 0. The number of allylic oxidation sites excluding steroid dienone is 2. The third-order valence-corrected chi connectivity index (χ3v) is 6.10. The van der Waals surface area contributed by atoms with E-state index in [1.165, 1.54) is 31.4 Å². The largest absolute Gasteiger partial charge is 0.369 e. The summed E-state index contributed by atoms with van der Waals surface area (Å²) in [7, 11) is 0. The van der Waals surface area contributed by atoms with E-state index in [0.717, 1.165) is 36.3 Å². The molecular formula is C27H30FNO2. The van der Waals surface area contributed by atoms with Gasteiger partial charge < -0.3 is 4.74 Å². The molecule has 1 atom stereocenters. The van der Waals surface area contributed by atoms with Crippen molar-refractivity contribution in [3.63, 3.8) is 0 Å². The average molecular weight is 420 g/mol. The van der Waals surface area contributed by atoms with Crippen LogP contribution in [0.3, 0.4) is 0 Å². The summed E-state index contributed by atoms with van der Waals surface area (Å²) in [5.74, 6) is -0.471. The molecule has 2 aromatic rings. The Kier molecular flexibility index (Phi) is 7.10. The van der Waals surface area contributed by atoms with Crippen molar-refractivity contribution >= 4 is 5.78 Å². The number of piperidine rings is 1. The van der Waals surface area contributed by atoms with Crippen molar-refractivity contribution in [2.24, 2.45) is 0 Å². The second-order valence-electron chi connectivity index (χ2n) is 8.44. The van der Waals surface area contributed by atoms with Crippen LogP contribution >= 0.6 is 0 Å². The van der Waals surface area contributed by atoms with E-state index < -0.39 is 11.5 Å². The lowest BCUT2D eigenvalue weighted by Crippen LogP contribution is -2.36. The molecule has 4 rings (SSSR count). The zero-order valence-corrected chi connectivity index (χ0v) is 17.9. The van der Waals surface area contributed by atoms with Crippen LogP contribution in [0.5, 0.6) is 0 Å². The monoisotopic (exact) mass is 419 g/mol. The second kappa shape index (κ2) is 10.2. The summed E-state index contributed by atoms with van der Waals surface area (Å²) >= 11 is 0. The number of likely N-dealkylation sites (tertiary alicyclic amines) is 1. The smallest absolute Gasteiger partial charge is 0.197 e. The predicted molar refractivity (Wildman–Crippen MR) is 122 cm³/mol. The van der Waals surface area contributed by atoms with Crippen LogP contribution in [0.4, 0.5) is 4.39 Å². The molecule has 0 aromatic heterocycles. The zero-order chi connectivity index (χ0) is 21.5. The number of ether oxygens (including phenoxy) is 1. The van der Waals surface area contributed by atoms with Gasteiger partial charge in [0.05, 0.1) is 6.61 Å². The highest BCUT2D eigenvalue weighted by atomic mass is 19.1. The molecule has 3 nitrogen and oxygen atoms in total. The summed E-state index contributed by atoms with van der Waals surface area (Å²) < 4.78 is 21.5. The number of carbonyl (C=O) groups is 1. The topological polar surface area (TPSA) is 29.5 Å². The van der Waals surface area contributed by atoms with E-state index in [-0.39, 0.29) is 19.1 Å². The second-order valence-corrected chi connectivity index (χ2v) is 8.44. The van der Waals surface area contributed by atoms with Gasteiger partial charge in [-0.2, -0.15) is 0 Å². The molecule has 1 heterocycles. The normalized spacial score (nSPS) is 22.0. The molecule has 0 spiro atoms. The summed E-state index contributed by atoms with van der Waals surface area (Å²) in [6.07, 6.45) is 8.06. The number of ketones is 1. The number of carbonyl (C=O) groups excluding carboxylic acids is 1. The number of hydrogen-bond donors (Lipinski definition) is 0. The molecule has 0 saturated carbocycles. The van der Waals surface area contributed by atoms with Crippen molar-refractivity contribution in [3.05, 3.63) is 95.6 Å². The van der Waals surface area contributed by atoms with Gasteiger partial charge in [0.25, 0.3) is 0 Å². The van der Waals surface area contributed by atoms with Crippen LogP contribution in [0.1, 0.15) is 42.9 Å². The fraction of sp³-hybridized carbons (Fsp3) is 0.370. The summed E-state index contributed by atoms with van der Waals surface area (Å²) in [6, 6.07) is 19.8. The molecule has 1 fully saturated rings. The molecular weight excluding hydrogens is 389 g/mol. The molecule has 0 amide bonds. The number of halogens is 1. The van der Waals surface area contributed by atoms with Crippen molar-refractivity contribution in [1.29, 1.82) is 0 Å². The van der Waals surface area contributed by atoms with Gasteiger partial charge in [-0.1, -0.05) is 73.2 Å². The fourth-order valence-electron chi connectivity index (χ4n) is 4.30. The third-order valence-electron chi connectivity index (χ3n) is 6.10. The van der Waals surface area contributed by atoms with Crippen LogP contribution in [0.25, 0.3) is 0 Å². The van der Waals surface area contributed by atoms with E-state index in [2.05, 4.69) is 4.90 Å². The van der Waals surface area contributed by atoms with Crippen molar-refractivity contribution in [1.82, 2.24) is 4.90 Å².